The van der Waals surface area contributed by atoms with Crippen LogP contribution in [0.5, 0.6) is 0 Å². The first-order chi connectivity index (χ1) is 13.0. The summed E-state index contributed by atoms with van der Waals surface area (Å²) >= 11 is 0. The third-order valence-corrected chi connectivity index (χ3v) is 6.57. The summed E-state index contributed by atoms with van der Waals surface area (Å²) in [4.78, 5) is 27.4. The van der Waals surface area contributed by atoms with Gasteiger partial charge < -0.3 is 19.1 Å². The van der Waals surface area contributed by atoms with Crippen LogP contribution in [0, 0.1) is 11.3 Å². The van der Waals surface area contributed by atoms with Crippen molar-refractivity contribution in [2.24, 2.45) is 11.3 Å². The van der Waals surface area contributed by atoms with Crippen molar-refractivity contribution in [2.45, 2.75) is 51.0 Å². The maximum atomic E-state index is 13.4. The van der Waals surface area contributed by atoms with Crippen LogP contribution in [0.3, 0.4) is 0 Å². The third kappa shape index (κ3) is 3.15. The Morgan fingerprint density at radius 2 is 1.96 bits per heavy atom. The molecule has 1 aromatic rings. The van der Waals surface area contributed by atoms with Crippen LogP contribution in [0.15, 0.2) is 30.3 Å². The van der Waals surface area contributed by atoms with Crippen molar-refractivity contribution in [3.8, 4) is 0 Å². The largest absolute Gasteiger partial charge is 0.469 e. The summed E-state index contributed by atoms with van der Waals surface area (Å²) in [6.45, 7) is 3.85. The first-order valence-electron chi connectivity index (χ1n) is 9.67. The van der Waals surface area contributed by atoms with E-state index in [-0.39, 0.29) is 29.8 Å². The van der Waals surface area contributed by atoms with Gasteiger partial charge in [-0.25, -0.2) is 0 Å². The molecule has 4 rings (SSSR count). The number of hydrogen-bond donors (Lipinski definition) is 0. The van der Waals surface area contributed by atoms with Crippen LogP contribution in [-0.4, -0.2) is 48.9 Å². The molecule has 0 N–H and O–H groups in total. The second-order valence-corrected chi connectivity index (χ2v) is 8.13. The molecule has 27 heavy (non-hydrogen) atoms. The minimum Gasteiger partial charge on any atom is -0.469 e. The van der Waals surface area contributed by atoms with E-state index in [0.29, 0.717) is 26.2 Å². The van der Waals surface area contributed by atoms with E-state index in [2.05, 4.69) is 6.92 Å². The van der Waals surface area contributed by atoms with Gasteiger partial charge in [-0.05, 0) is 12.0 Å². The standard InChI is InChI=1S/C21H27NO5/c1-20-14-21(26-10-11-27-21)9-8-17(20)22(13-15-6-4-3-5-7-15)19(24)16(20)12-18(23)25-2/h3-7,16-17H,8-14H2,1-2H3/t16-,17-,20-/m1/s1. The Bertz CT molecular complexity index is 715. The van der Waals surface area contributed by atoms with E-state index >= 15 is 0 Å². The van der Waals surface area contributed by atoms with Crippen LogP contribution in [-0.2, 0) is 30.3 Å². The molecule has 6 heteroatoms. The molecule has 1 aliphatic carbocycles. The molecule has 2 heterocycles. The topological polar surface area (TPSA) is 65.1 Å². The predicted octanol–water partition coefficient (Wildman–Crippen LogP) is 2.51. The number of fused-ring (bicyclic) bond motifs is 1. The lowest BCUT2D eigenvalue weighted by Gasteiger charge is -2.47. The van der Waals surface area contributed by atoms with Crippen LogP contribution in [0.1, 0.15) is 38.2 Å². The molecule has 1 spiro atoms. The molecule has 0 bridgehead atoms. The monoisotopic (exact) mass is 373 g/mol. The molecule has 146 valence electrons. The Balaban J connectivity index is 1.65. The smallest absolute Gasteiger partial charge is 0.306 e. The van der Waals surface area contributed by atoms with Gasteiger partial charge in [0.2, 0.25) is 5.91 Å². The third-order valence-electron chi connectivity index (χ3n) is 6.57. The molecule has 2 saturated heterocycles. The van der Waals surface area contributed by atoms with Crippen molar-refractivity contribution < 1.29 is 23.8 Å². The zero-order chi connectivity index (χ0) is 19.1. The van der Waals surface area contributed by atoms with Crippen LogP contribution in [0.25, 0.3) is 0 Å². The van der Waals surface area contributed by atoms with Gasteiger partial charge in [0.05, 0.1) is 32.7 Å². The highest BCUT2D eigenvalue weighted by molar-refractivity contribution is 5.87. The fraction of sp³-hybridized carbons (Fsp3) is 0.619. The number of benzene rings is 1. The summed E-state index contributed by atoms with van der Waals surface area (Å²) < 4.78 is 16.8. The lowest BCUT2D eigenvalue weighted by Crippen LogP contribution is -2.51. The molecule has 2 aliphatic heterocycles. The second-order valence-electron chi connectivity index (χ2n) is 8.13. The predicted molar refractivity (Wildman–Crippen MR) is 97.5 cm³/mol. The van der Waals surface area contributed by atoms with Gasteiger partial charge in [-0.1, -0.05) is 37.3 Å². The zero-order valence-corrected chi connectivity index (χ0v) is 16.0. The minimum absolute atomic E-state index is 0.0341. The molecule has 3 aliphatic rings. The Hall–Kier alpha value is -1.92. The summed E-state index contributed by atoms with van der Waals surface area (Å²) in [6, 6.07) is 10.1. The molecule has 1 aromatic carbocycles. The van der Waals surface area contributed by atoms with E-state index in [4.69, 9.17) is 14.2 Å². The van der Waals surface area contributed by atoms with E-state index < -0.39 is 11.7 Å². The Labute approximate surface area is 159 Å². The second kappa shape index (κ2) is 6.91. The number of likely N-dealkylation sites (tertiary alicyclic amines) is 1. The summed E-state index contributed by atoms with van der Waals surface area (Å²) in [6.07, 6.45) is 2.32. The molecule has 3 fully saturated rings. The van der Waals surface area contributed by atoms with Gasteiger partial charge in [-0.2, -0.15) is 0 Å². The minimum atomic E-state index is -0.608. The number of rotatable bonds is 4. The normalized spacial score (nSPS) is 31.9. The van der Waals surface area contributed by atoms with E-state index in [0.717, 1.165) is 18.4 Å². The lowest BCUT2D eigenvalue weighted by atomic mass is 9.64. The van der Waals surface area contributed by atoms with E-state index in [1.54, 1.807) is 0 Å². The Morgan fingerprint density at radius 3 is 2.63 bits per heavy atom. The van der Waals surface area contributed by atoms with Crippen LogP contribution >= 0.6 is 0 Å². The average molecular weight is 373 g/mol. The first kappa shape index (κ1) is 18.4. The quantitative estimate of drug-likeness (QED) is 0.759. The molecule has 0 radical (unpaired) electrons. The first-order valence-corrected chi connectivity index (χ1v) is 9.67. The fourth-order valence-electron chi connectivity index (χ4n) is 5.26. The van der Waals surface area contributed by atoms with Gasteiger partial charge in [0.1, 0.15) is 0 Å². The molecule has 6 nitrogen and oxygen atoms in total. The molecular weight excluding hydrogens is 346 g/mol. The van der Waals surface area contributed by atoms with Crippen LogP contribution in [0.4, 0.5) is 0 Å². The van der Waals surface area contributed by atoms with Crippen LogP contribution < -0.4 is 0 Å². The van der Waals surface area contributed by atoms with E-state index in [1.807, 2.05) is 35.2 Å². The summed E-state index contributed by atoms with van der Waals surface area (Å²) in [7, 11) is 1.37. The number of carbonyl (C=O) groups excluding carboxylic acids is 2. The summed E-state index contributed by atoms with van der Waals surface area (Å²) in [5.74, 6) is -1.33. The number of carbonyl (C=O) groups is 2. The number of ether oxygens (including phenoxy) is 3. The molecule has 3 atom stereocenters. The number of nitrogens with zero attached hydrogens (tertiary/aromatic N) is 1. The van der Waals surface area contributed by atoms with Crippen molar-refractivity contribution in [3.63, 3.8) is 0 Å². The average Bonchev–Trinajstić information content (AvgIpc) is 3.19. The summed E-state index contributed by atoms with van der Waals surface area (Å²) in [5, 5.41) is 0. The van der Waals surface area contributed by atoms with E-state index in [1.165, 1.54) is 7.11 Å². The number of amides is 1. The van der Waals surface area contributed by atoms with Crippen molar-refractivity contribution >= 4 is 11.9 Å². The highest BCUT2D eigenvalue weighted by Gasteiger charge is 2.62. The van der Waals surface area contributed by atoms with Crippen LogP contribution in [0.2, 0.25) is 0 Å². The van der Waals surface area contributed by atoms with E-state index in [9.17, 15) is 9.59 Å². The molecule has 0 unspecified atom stereocenters. The molecule has 1 amide bonds. The van der Waals surface area contributed by atoms with Crippen molar-refractivity contribution in [3.05, 3.63) is 35.9 Å². The summed E-state index contributed by atoms with van der Waals surface area (Å²) in [5.41, 5.74) is 0.711. The lowest BCUT2D eigenvalue weighted by molar-refractivity contribution is -0.210. The molecular formula is C21H27NO5. The van der Waals surface area contributed by atoms with Gasteiger partial charge in [-0.15, -0.1) is 0 Å². The number of esters is 1. The van der Waals surface area contributed by atoms with Crippen molar-refractivity contribution in [2.75, 3.05) is 20.3 Å². The highest BCUT2D eigenvalue weighted by atomic mass is 16.7. The Morgan fingerprint density at radius 1 is 1.26 bits per heavy atom. The molecule has 0 aromatic heterocycles. The zero-order valence-electron chi connectivity index (χ0n) is 16.0. The van der Waals surface area contributed by atoms with Gasteiger partial charge in [0, 0.05) is 30.8 Å². The maximum absolute atomic E-state index is 13.4. The molecule has 1 saturated carbocycles. The van der Waals surface area contributed by atoms with Crippen molar-refractivity contribution in [1.82, 2.24) is 4.90 Å². The number of hydrogen-bond acceptors (Lipinski definition) is 5. The highest BCUT2D eigenvalue weighted by Crippen LogP contribution is 2.56. The Kier molecular flexibility index (Phi) is 4.72. The number of methoxy groups -OCH3 is 1. The van der Waals surface area contributed by atoms with Gasteiger partial charge in [-0.3, -0.25) is 9.59 Å². The van der Waals surface area contributed by atoms with Gasteiger partial charge in [0.25, 0.3) is 0 Å². The van der Waals surface area contributed by atoms with Gasteiger partial charge in [0.15, 0.2) is 5.79 Å². The fourth-order valence-corrected chi connectivity index (χ4v) is 5.26. The maximum Gasteiger partial charge on any atom is 0.306 e. The van der Waals surface area contributed by atoms with Crippen molar-refractivity contribution in [1.29, 1.82) is 0 Å². The SMILES string of the molecule is COC(=O)C[C@@H]1C(=O)N(Cc2ccccc2)[C@@H]2CCC3(C[C@]12C)OCCO3. The van der Waals surface area contributed by atoms with Gasteiger partial charge >= 0.3 is 5.97 Å².